The first-order valence-corrected chi connectivity index (χ1v) is 7.82. The number of carbonyl (C=O) groups is 2. The van der Waals surface area contributed by atoms with Crippen LogP contribution in [0.5, 0.6) is 5.75 Å². The quantitative estimate of drug-likeness (QED) is 0.783. The van der Waals surface area contributed by atoms with Gasteiger partial charge in [0.15, 0.2) is 0 Å². The largest absolute Gasteiger partial charge is 0.497 e. The molecule has 132 valence electrons. The predicted molar refractivity (Wildman–Crippen MR) is 95.5 cm³/mol. The van der Waals surface area contributed by atoms with Gasteiger partial charge >= 0.3 is 5.97 Å². The van der Waals surface area contributed by atoms with Gasteiger partial charge in [0.1, 0.15) is 11.8 Å². The van der Waals surface area contributed by atoms with Crippen molar-refractivity contribution in [3.05, 3.63) is 60.2 Å². The van der Waals surface area contributed by atoms with Crippen molar-refractivity contribution in [3.8, 4) is 5.75 Å². The molecule has 0 spiro atoms. The Balaban J connectivity index is 2.05. The highest BCUT2D eigenvalue weighted by molar-refractivity contribution is 5.92. The second kappa shape index (κ2) is 8.84. The topological polar surface area (TPSA) is 67.9 Å². The van der Waals surface area contributed by atoms with Crippen molar-refractivity contribution in [2.24, 2.45) is 0 Å². The van der Waals surface area contributed by atoms with Gasteiger partial charge in [-0.15, -0.1) is 0 Å². The van der Waals surface area contributed by atoms with Crippen LogP contribution in [-0.2, 0) is 14.3 Å². The molecule has 1 N–H and O–H groups in total. The lowest BCUT2D eigenvalue weighted by Crippen LogP contribution is -2.37. The average Bonchev–Trinajstić information content (AvgIpc) is 2.63. The number of esters is 1. The molecule has 0 heterocycles. The second-order valence-corrected chi connectivity index (χ2v) is 5.53. The molecule has 0 saturated carbocycles. The smallest absolute Gasteiger partial charge is 0.327 e. The van der Waals surface area contributed by atoms with Gasteiger partial charge in [-0.2, -0.15) is 0 Å². The van der Waals surface area contributed by atoms with E-state index in [-0.39, 0.29) is 12.5 Å². The Morgan fingerprint density at radius 3 is 2.24 bits per heavy atom. The molecule has 0 fully saturated rings. The maximum absolute atomic E-state index is 12.3. The van der Waals surface area contributed by atoms with Crippen molar-refractivity contribution in [1.29, 1.82) is 0 Å². The molecule has 0 aromatic heterocycles. The van der Waals surface area contributed by atoms with Crippen molar-refractivity contribution < 1.29 is 19.1 Å². The predicted octanol–water partition coefficient (Wildman–Crippen LogP) is 2.48. The number of likely N-dealkylation sites (N-methyl/N-ethyl adjacent to an activating group) is 1. The standard InChI is InChI=1S/C19H22N2O4/c1-21(18(19(23)25-3)14-7-5-4-6-8-14)13-17(22)20-15-9-11-16(24-2)12-10-15/h4-12,18H,13H2,1-3H3,(H,20,22). The summed E-state index contributed by atoms with van der Waals surface area (Å²) in [7, 11) is 4.63. The first-order valence-electron chi connectivity index (χ1n) is 7.82. The molecule has 0 radical (unpaired) electrons. The highest BCUT2D eigenvalue weighted by Crippen LogP contribution is 2.21. The third-order valence-electron chi connectivity index (χ3n) is 3.75. The van der Waals surface area contributed by atoms with E-state index in [1.807, 2.05) is 30.3 Å². The summed E-state index contributed by atoms with van der Waals surface area (Å²) in [6.07, 6.45) is 0. The van der Waals surface area contributed by atoms with E-state index >= 15 is 0 Å². The van der Waals surface area contributed by atoms with Gasteiger partial charge in [0.05, 0.1) is 20.8 Å². The van der Waals surface area contributed by atoms with Crippen LogP contribution >= 0.6 is 0 Å². The fourth-order valence-electron chi connectivity index (χ4n) is 2.51. The van der Waals surface area contributed by atoms with E-state index in [0.29, 0.717) is 11.4 Å². The van der Waals surface area contributed by atoms with Gasteiger partial charge in [-0.1, -0.05) is 30.3 Å². The number of hydrogen-bond acceptors (Lipinski definition) is 5. The van der Waals surface area contributed by atoms with Gasteiger partial charge in [-0.05, 0) is 36.9 Å². The van der Waals surface area contributed by atoms with E-state index in [9.17, 15) is 9.59 Å². The van der Waals surface area contributed by atoms with Crippen molar-refractivity contribution in [3.63, 3.8) is 0 Å². The van der Waals surface area contributed by atoms with E-state index in [1.54, 1.807) is 43.3 Å². The Morgan fingerprint density at radius 1 is 1.04 bits per heavy atom. The highest BCUT2D eigenvalue weighted by atomic mass is 16.5. The number of hydrogen-bond donors (Lipinski definition) is 1. The van der Waals surface area contributed by atoms with Crippen LogP contribution in [0, 0.1) is 0 Å². The number of methoxy groups -OCH3 is 2. The molecule has 1 unspecified atom stereocenters. The van der Waals surface area contributed by atoms with Crippen LogP contribution in [0.1, 0.15) is 11.6 Å². The van der Waals surface area contributed by atoms with Gasteiger partial charge in [0.2, 0.25) is 5.91 Å². The summed E-state index contributed by atoms with van der Waals surface area (Å²) in [5, 5.41) is 2.80. The number of amides is 1. The number of nitrogens with one attached hydrogen (secondary N) is 1. The number of nitrogens with zero attached hydrogens (tertiary/aromatic N) is 1. The molecule has 6 heteroatoms. The Hall–Kier alpha value is -2.86. The summed E-state index contributed by atoms with van der Waals surface area (Å²) < 4.78 is 9.97. The van der Waals surface area contributed by atoms with Crippen molar-refractivity contribution in [2.75, 3.05) is 33.1 Å². The zero-order valence-electron chi connectivity index (χ0n) is 14.6. The molecule has 25 heavy (non-hydrogen) atoms. The number of anilines is 1. The van der Waals surface area contributed by atoms with Crippen molar-refractivity contribution in [2.45, 2.75) is 6.04 Å². The van der Waals surface area contributed by atoms with Gasteiger partial charge < -0.3 is 14.8 Å². The first-order chi connectivity index (χ1) is 12.0. The van der Waals surface area contributed by atoms with Crippen molar-refractivity contribution in [1.82, 2.24) is 4.90 Å². The van der Waals surface area contributed by atoms with Gasteiger partial charge in [0.25, 0.3) is 0 Å². The second-order valence-electron chi connectivity index (χ2n) is 5.53. The maximum Gasteiger partial charge on any atom is 0.327 e. The van der Waals surface area contributed by atoms with Crippen LogP contribution in [-0.4, -0.2) is 44.6 Å². The molecule has 0 aliphatic carbocycles. The third kappa shape index (κ3) is 5.06. The number of carbonyl (C=O) groups excluding carboxylic acids is 2. The van der Waals surface area contributed by atoms with Crippen LogP contribution in [0.15, 0.2) is 54.6 Å². The lowest BCUT2D eigenvalue weighted by Gasteiger charge is -2.25. The summed E-state index contributed by atoms with van der Waals surface area (Å²) in [6.45, 7) is 0.0424. The third-order valence-corrected chi connectivity index (χ3v) is 3.75. The van der Waals surface area contributed by atoms with E-state index in [2.05, 4.69) is 5.32 Å². The van der Waals surface area contributed by atoms with Crippen LogP contribution < -0.4 is 10.1 Å². The summed E-state index contributed by atoms with van der Waals surface area (Å²) in [5.41, 5.74) is 1.43. The number of benzene rings is 2. The lowest BCUT2D eigenvalue weighted by atomic mass is 10.1. The fourth-order valence-corrected chi connectivity index (χ4v) is 2.51. The first kappa shape index (κ1) is 18.5. The van der Waals surface area contributed by atoms with Crippen LogP contribution in [0.2, 0.25) is 0 Å². The SMILES string of the molecule is COC(=O)C(c1ccccc1)N(C)CC(=O)Nc1ccc(OC)cc1. The summed E-state index contributed by atoms with van der Waals surface area (Å²) in [4.78, 5) is 26.1. The number of ether oxygens (including phenoxy) is 2. The molecule has 1 amide bonds. The van der Waals surface area contributed by atoms with E-state index in [1.165, 1.54) is 7.11 Å². The zero-order chi connectivity index (χ0) is 18.2. The summed E-state index contributed by atoms with van der Waals surface area (Å²) in [5.74, 6) is 0.0772. The van der Waals surface area contributed by atoms with Crippen LogP contribution in [0.4, 0.5) is 5.69 Å². The fraction of sp³-hybridized carbons (Fsp3) is 0.263. The summed E-state index contributed by atoms with van der Waals surface area (Å²) >= 11 is 0. The van der Waals surface area contributed by atoms with Gasteiger partial charge in [0, 0.05) is 5.69 Å². The molecule has 0 aliphatic heterocycles. The normalized spacial score (nSPS) is 11.7. The van der Waals surface area contributed by atoms with Gasteiger partial charge in [-0.3, -0.25) is 9.69 Å². The molecule has 1 atom stereocenters. The Bertz CT molecular complexity index is 701. The number of rotatable bonds is 7. The average molecular weight is 342 g/mol. The van der Waals surface area contributed by atoms with E-state index < -0.39 is 12.0 Å². The Labute approximate surface area is 147 Å². The minimum Gasteiger partial charge on any atom is -0.497 e. The molecule has 2 rings (SSSR count). The Morgan fingerprint density at radius 2 is 1.68 bits per heavy atom. The maximum atomic E-state index is 12.3. The van der Waals surface area contributed by atoms with E-state index in [4.69, 9.17) is 9.47 Å². The van der Waals surface area contributed by atoms with Crippen LogP contribution in [0.3, 0.4) is 0 Å². The molecule has 2 aromatic carbocycles. The minimum absolute atomic E-state index is 0.0424. The summed E-state index contributed by atoms with van der Waals surface area (Å²) in [6, 6.07) is 15.6. The molecule has 0 saturated heterocycles. The molecule has 0 aliphatic rings. The molecular formula is C19H22N2O4. The molecular weight excluding hydrogens is 320 g/mol. The highest BCUT2D eigenvalue weighted by Gasteiger charge is 2.27. The van der Waals surface area contributed by atoms with Gasteiger partial charge in [-0.25, -0.2) is 4.79 Å². The van der Waals surface area contributed by atoms with Crippen LogP contribution in [0.25, 0.3) is 0 Å². The molecule has 6 nitrogen and oxygen atoms in total. The Kier molecular flexibility index (Phi) is 6.54. The molecule has 0 bridgehead atoms. The van der Waals surface area contributed by atoms with E-state index in [0.717, 1.165) is 5.56 Å². The zero-order valence-corrected chi connectivity index (χ0v) is 14.6. The van der Waals surface area contributed by atoms with Crippen molar-refractivity contribution >= 4 is 17.6 Å². The minimum atomic E-state index is -0.646. The monoisotopic (exact) mass is 342 g/mol. The molecule has 2 aromatic rings. The lowest BCUT2D eigenvalue weighted by molar-refractivity contribution is -0.147.